The summed E-state index contributed by atoms with van der Waals surface area (Å²) in [4.78, 5) is 12.0. The van der Waals surface area contributed by atoms with Crippen LogP contribution in [0.5, 0.6) is 11.5 Å². The van der Waals surface area contributed by atoms with Gasteiger partial charge in [-0.25, -0.2) is 0 Å². The lowest BCUT2D eigenvalue weighted by atomic mass is 10.1. The average Bonchev–Trinajstić information content (AvgIpc) is 2.57. The summed E-state index contributed by atoms with van der Waals surface area (Å²) < 4.78 is 11.3. The minimum atomic E-state index is -0.186. The quantitative estimate of drug-likeness (QED) is 0.754. The smallest absolute Gasteiger partial charge is 0.262 e. The molecule has 134 valence electrons. The van der Waals surface area contributed by atoms with Crippen LogP contribution in [0.1, 0.15) is 31.4 Å². The van der Waals surface area contributed by atoms with E-state index in [4.69, 9.17) is 9.47 Å². The van der Waals surface area contributed by atoms with Gasteiger partial charge in [-0.05, 0) is 67.6 Å². The molecule has 0 saturated carbocycles. The molecule has 4 nitrogen and oxygen atoms in total. The van der Waals surface area contributed by atoms with Gasteiger partial charge >= 0.3 is 0 Å². The number of ether oxygens (including phenoxy) is 2. The summed E-state index contributed by atoms with van der Waals surface area (Å²) in [5.41, 5.74) is 2.93. The zero-order valence-electron chi connectivity index (χ0n) is 15.5. The predicted molar refractivity (Wildman–Crippen MR) is 101 cm³/mol. The third kappa shape index (κ3) is 6.14. The summed E-state index contributed by atoms with van der Waals surface area (Å²) in [7, 11) is 0. The molecule has 25 heavy (non-hydrogen) atoms. The second-order valence-corrected chi connectivity index (χ2v) is 6.59. The fourth-order valence-electron chi connectivity index (χ4n) is 2.27. The summed E-state index contributed by atoms with van der Waals surface area (Å²) >= 11 is 0. The molecular formula is C21H27NO3. The van der Waals surface area contributed by atoms with Gasteiger partial charge in [0.1, 0.15) is 11.5 Å². The third-order valence-electron chi connectivity index (χ3n) is 4.02. The number of anilines is 1. The molecule has 0 aliphatic carbocycles. The highest BCUT2D eigenvalue weighted by molar-refractivity contribution is 5.91. The van der Waals surface area contributed by atoms with Crippen LogP contribution in [0, 0.1) is 19.8 Å². The van der Waals surface area contributed by atoms with E-state index in [-0.39, 0.29) is 12.5 Å². The lowest BCUT2D eigenvalue weighted by molar-refractivity contribution is -0.118. The van der Waals surface area contributed by atoms with E-state index in [1.165, 1.54) is 0 Å². The molecule has 0 bridgehead atoms. The maximum atomic E-state index is 12.0. The lowest BCUT2D eigenvalue weighted by Gasteiger charge is -2.12. The molecule has 0 fully saturated rings. The minimum absolute atomic E-state index is 0.0169. The highest BCUT2D eigenvalue weighted by Gasteiger charge is 2.07. The second kappa shape index (κ2) is 9.11. The van der Waals surface area contributed by atoms with Crippen molar-refractivity contribution in [1.29, 1.82) is 0 Å². The molecule has 0 atom stereocenters. The molecule has 1 amide bonds. The van der Waals surface area contributed by atoms with Crippen molar-refractivity contribution in [3.05, 3.63) is 53.6 Å². The monoisotopic (exact) mass is 341 g/mol. The minimum Gasteiger partial charge on any atom is -0.494 e. The van der Waals surface area contributed by atoms with E-state index in [0.717, 1.165) is 34.7 Å². The van der Waals surface area contributed by atoms with Crippen LogP contribution >= 0.6 is 0 Å². The van der Waals surface area contributed by atoms with Gasteiger partial charge in [0.2, 0.25) is 0 Å². The Kier molecular flexibility index (Phi) is 6.87. The summed E-state index contributed by atoms with van der Waals surface area (Å²) in [5.74, 6) is 1.99. The van der Waals surface area contributed by atoms with Crippen molar-refractivity contribution in [2.75, 3.05) is 18.5 Å². The van der Waals surface area contributed by atoms with Crippen LogP contribution in [0.25, 0.3) is 0 Å². The molecule has 4 heteroatoms. The molecule has 2 aromatic rings. The van der Waals surface area contributed by atoms with Gasteiger partial charge in [-0.2, -0.15) is 0 Å². The first-order valence-corrected chi connectivity index (χ1v) is 8.67. The molecule has 0 heterocycles. The number of aryl methyl sites for hydroxylation is 1. The van der Waals surface area contributed by atoms with Crippen molar-refractivity contribution in [3.8, 4) is 11.5 Å². The summed E-state index contributed by atoms with van der Waals surface area (Å²) in [6, 6.07) is 13.2. The first kappa shape index (κ1) is 18.8. The Bertz CT molecular complexity index is 693. The molecular weight excluding hydrogens is 314 g/mol. The van der Waals surface area contributed by atoms with Gasteiger partial charge in [-0.1, -0.05) is 26.0 Å². The van der Waals surface area contributed by atoms with Crippen LogP contribution in [-0.2, 0) is 4.79 Å². The first-order chi connectivity index (χ1) is 12.0. The Morgan fingerprint density at radius 3 is 2.44 bits per heavy atom. The Hall–Kier alpha value is -2.49. The molecule has 2 aromatic carbocycles. The molecule has 0 spiro atoms. The number of hydrogen-bond donors (Lipinski definition) is 1. The highest BCUT2D eigenvalue weighted by Crippen LogP contribution is 2.21. The van der Waals surface area contributed by atoms with Gasteiger partial charge in [-0.3, -0.25) is 4.79 Å². The van der Waals surface area contributed by atoms with Crippen molar-refractivity contribution < 1.29 is 14.3 Å². The number of amides is 1. The van der Waals surface area contributed by atoms with Gasteiger partial charge in [0, 0.05) is 5.69 Å². The van der Waals surface area contributed by atoms with Crippen LogP contribution in [0.2, 0.25) is 0 Å². The van der Waals surface area contributed by atoms with E-state index < -0.39 is 0 Å². The van der Waals surface area contributed by atoms with Crippen LogP contribution in [0.3, 0.4) is 0 Å². The first-order valence-electron chi connectivity index (χ1n) is 8.67. The predicted octanol–water partition coefficient (Wildman–Crippen LogP) is 4.75. The zero-order valence-corrected chi connectivity index (χ0v) is 15.5. The zero-order chi connectivity index (χ0) is 18.2. The van der Waals surface area contributed by atoms with Crippen LogP contribution in [0.4, 0.5) is 5.69 Å². The number of rotatable bonds is 8. The Labute approximate surface area is 150 Å². The topological polar surface area (TPSA) is 47.6 Å². The standard InChI is InChI=1S/C21H27NO3/c1-15(2)12-13-24-19-10-8-18(9-11-19)22-21(23)14-25-20-7-5-6-16(3)17(20)4/h5-11,15H,12-14H2,1-4H3,(H,22,23). The van der Waals surface area contributed by atoms with E-state index in [9.17, 15) is 4.79 Å². The number of benzene rings is 2. The van der Waals surface area contributed by atoms with Crippen LogP contribution in [0.15, 0.2) is 42.5 Å². The van der Waals surface area contributed by atoms with Crippen molar-refractivity contribution in [3.63, 3.8) is 0 Å². The van der Waals surface area contributed by atoms with Gasteiger partial charge in [-0.15, -0.1) is 0 Å². The van der Waals surface area contributed by atoms with E-state index >= 15 is 0 Å². The van der Waals surface area contributed by atoms with Crippen LogP contribution < -0.4 is 14.8 Å². The van der Waals surface area contributed by atoms with Crippen molar-refractivity contribution >= 4 is 11.6 Å². The number of carbonyl (C=O) groups is 1. The molecule has 2 rings (SSSR count). The van der Waals surface area contributed by atoms with Gasteiger partial charge in [0.15, 0.2) is 6.61 Å². The third-order valence-corrected chi connectivity index (χ3v) is 4.02. The summed E-state index contributed by atoms with van der Waals surface area (Å²) in [6.07, 6.45) is 1.02. The Morgan fingerprint density at radius 1 is 1.04 bits per heavy atom. The Balaban J connectivity index is 1.81. The fraction of sp³-hybridized carbons (Fsp3) is 0.381. The largest absolute Gasteiger partial charge is 0.494 e. The number of carbonyl (C=O) groups excluding carboxylic acids is 1. The van der Waals surface area contributed by atoms with Gasteiger partial charge in [0.05, 0.1) is 6.61 Å². The van der Waals surface area contributed by atoms with Gasteiger partial charge < -0.3 is 14.8 Å². The van der Waals surface area contributed by atoms with Gasteiger partial charge in [0.25, 0.3) is 5.91 Å². The normalized spacial score (nSPS) is 10.6. The van der Waals surface area contributed by atoms with E-state index in [1.807, 2.05) is 56.3 Å². The average molecular weight is 341 g/mol. The lowest BCUT2D eigenvalue weighted by Crippen LogP contribution is -2.20. The van der Waals surface area contributed by atoms with Crippen LogP contribution in [-0.4, -0.2) is 19.1 Å². The summed E-state index contributed by atoms with van der Waals surface area (Å²) in [5, 5.41) is 2.83. The van der Waals surface area contributed by atoms with Crippen molar-refractivity contribution in [1.82, 2.24) is 0 Å². The molecule has 0 aromatic heterocycles. The molecule has 0 aliphatic rings. The molecule has 1 N–H and O–H groups in total. The summed E-state index contributed by atoms with van der Waals surface area (Å²) in [6.45, 7) is 9.03. The fourth-order valence-corrected chi connectivity index (χ4v) is 2.27. The highest BCUT2D eigenvalue weighted by atomic mass is 16.5. The molecule has 0 radical (unpaired) electrons. The maximum Gasteiger partial charge on any atom is 0.262 e. The van der Waals surface area contributed by atoms with E-state index in [0.29, 0.717) is 12.5 Å². The molecule has 0 aliphatic heterocycles. The Morgan fingerprint density at radius 2 is 1.76 bits per heavy atom. The van der Waals surface area contributed by atoms with Crippen molar-refractivity contribution in [2.45, 2.75) is 34.1 Å². The van der Waals surface area contributed by atoms with Crippen molar-refractivity contribution in [2.24, 2.45) is 5.92 Å². The van der Waals surface area contributed by atoms with E-state index in [2.05, 4.69) is 19.2 Å². The molecule has 0 saturated heterocycles. The molecule has 0 unspecified atom stereocenters. The maximum absolute atomic E-state index is 12.0. The van der Waals surface area contributed by atoms with E-state index in [1.54, 1.807) is 0 Å². The number of nitrogens with one attached hydrogen (secondary N) is 1. The second-order valence-electron chi connectivity index (χ2n) is 6.59. The SMILES string of the molecule is Cc1cccc(OCC(=O)Nc2ccc(OCCC(C)C)cc2)c1C. The number of hydrogen-bond acceptors (Lipinski definition) is 3.